The van der Waals surface area contributed by atoms with E-state index < -0.39 is 41.7 Å². The van der Waals surface area contributed by atoms with E-state index in [1.54, 1.807) is 6.07 Å². The summed E-state index contributed by atoms with van der Waals surface area (Å²) in [5.74, 6) is -1.92. The van der Waals surface area contributed by atoms with Gasteiger partial charge in [0, 0.05) is 33.0 Å². The van der Waals surface area contributed by atoms with Gasteiger partial charge in [-0.15, -0.1) is 0 Å². The number of rotatable bonds is 7. The molecular weight excluding hydrogens is 546 g/mol. The highest BCUT2D eigenvalue weighted by Crippen LogP contribution is 2.29. The van der Waals surface area contributed by atoms with Gasteiger partial charge < -0.3 is 31.1 Å². The van der Waals surface area contributed by atoms with Crippen molar-refractivity contribution in [2.24, 2.45) is 5.73 Å². The van der Waals surface area contributed by atoms with Gasteiger partial charge in [-0.3, -0.25) is 15.0 Å². The van der Waals surface area contributed by atoms with Crippen molar-refractivity contribution in [1.29, 1.82) is 5.41 Å². The van der Waals surface area contributed by atoms with Gasteiger partial charge in [-0.1, -0.05) is 24.3 Å². The molecule has 41 heavy (non-hydrogen) atoms. The van der Waals surface area contributed by atoms with Gasteiger partial charge in [0.2, 0.25) is 11.8 Å². The van der Waals surface area contributed by atoms with Gasteiger partial charge in [0.15, 0.2) is 11.6 Å². The molecule has 0 saturated carbocycles. The van der Waals surface area contributed by atoms with Crippen LogP contribution in [0.15, 0.2) is 42.5 Å². The zero-order valence-electron chi connectivity index (χ0n) is 22.6. The molecule has 2 aliphatic rings. The van der Waals surface area contributed by atoms with E-state index in [0.717, 1.165) is 12.1 Å². The number of aliphatic hydroxyl groups excluding tert-OH is 1. The van der Waals surface area contributed by atoms with Crippen molar-refractivity contribution in [2.75, 3.05) is 20.2 Å². The molecule has 0 spiro atoms. The molecule has 13 heteroatoms. The van der Waals surface area contributed by atoms with Crippen molar-refractivity contribution in [3.63, 3.8) is 0 Å². The summed E-state index contributed by atoms with van der Waals surface area (Å²) in [6, 6.07) is 6.93. The molecule has 0 radical (unpaired) electrons. The van der Waals surface area contributed by atoms with Crippen LogP contribution in [0.2, 0.25) is 0 Å². The van der Waals surface area contributed by atoms with Crippen molar-refractivity contribution in [3.8, 4) is 5.75 Å². The highest BCUT2D eigenvalue weighted by Gasteiger charge is 2.32. The summed E-state index contributed by atoms with van der Waals surface area (Å²) in [5.41, 5.74) is 5.55. The van der Waals surface area contributed by atoms with Gasteiger partial charge in [-0.25, -0.2) is 4.39 Å². The number of hydrogen-bond acceptors (Lipinski definition) is 6. The topological polar surface area (TPSA) is 141 Å². The average Bonchev–Trinajstić information content (AvgIpc) is 2.90. The number of nitrogens with one attached hydrogen (secondary N) is 3. The fourth-order valence-corrected chi connectivity index (χ4v) is 4.49. The van der Waals surface area contributed by atoms with Gasteiger partial charge in [0.05, 0.1) is 30.2 Å². The first kappa shape index (κ1) is 31.8. The number of carbonyl (C=O) groups is 2. The summed E-state index contributed by atoms with van der Waals surface area (Å²) in [6.45, 7) is 0.0625. The summed E-state index contributed by atoms with van der Waals surface area (Å²) >= 11 is 0. The van der Waals surface area contributed by atoms with E-state index in [0.29, 0.717) is 24.0 Å². The number of ether oxygens (including phenoxy) is 1. The summed E-state index contributed by atoms with van der Waals surface area (Å²) in [5, 5.41) is 24.3. The maximum Gasteiger partial charge on any atom is 0.416 e. The monoisotopic (exact) mass is 581 g/mol. The van der Waals surface area contributed by atoms with E-state index in [9.17, 15) is 32.3 Å². The number of aliphatic hydroxyl groups is 1. The van der Waals surface area contributed by atoms with E-state index in [1.807, 2.05) is 0 Å². The smallest absolute Gasteiger partial charge is 0.416 e. The van der Waals surface area contributed by atoms with Crippen LogP contribution in [0.25, 0.3) is 0 Å². The van der Waals surface area contributed by atoms with Crippen molar-refractivity contribution in [1.82, 2.24) is 15.5 Å². The highest BCUT2D eigenvalue weighted by molar-refractivity contribution is 5.92. The average molecular weight is 582 g/mol. The van der Waals surface area contributed by atoms with Gasteiger partial charge in [-0.2, -0.15) is 13.2 Å². The number of hydrogen-bond donors (Lipinski definition) is 5. The first-order chi connectivity index (χ1) is 19.3. The minimum atomic E-state index is -4.50. The van der Waals surface area contributed by atoms with E-state index in [2.05, 4.69) is 10.6 Å². The highest BCUT2D eigenvalue weighted by atomic mass is 19.4. The van der Waals surface area contributed by atoms with Crippen molar-refractivity contribution < 1.29 is 37.0 Å². The zero-order chi connectivity index (χ0) is 30.2. The third-order valence-electron chi connectivity index (χ3n) is 6.80. The van der Waals surface area contributed by atoms with Crippen LogP contribution in [0, 0.1) is 11.2 Å². The standard InChI is InChI=1S/C28H35F4N5O4/c1-37-22(14-25(33)34)27(40)36-21(23(38)16-35-15-18-5-4-6-19(11-18)28(30,31)32)13-17-8-9-24(20(29)12-17)41-10-3-2-7-26(37)39/h4-6,8-9,11-12,21-23,35,38H,2-3,7,10,13-16H2,1H3,(H3,33,34)(H,36,40)/t21-,22?,23+/m0/s1. The Morgan fingerprint density at radius 2 is 2.00 bits per heavy atom. The number of benzene rings is 2. The summed E-state index contributed by atoms with van der Waals surface area (Å²) in [7, 11) is 1.44. The predicted molar refractivity (Wildman–Crippen MR) is 144 cm³/mol. The molecule has 6 N–H and O–H groups in total. The summed E-state index contributed by atoms with van der Waals surface area (Å²) in [6.07, 6.45) is -5.01. The lowest BCUT2D eigenvalue weighted by atomic mass is 9.99. The van der Waals surface area contributed by atoms with Crippen LogP contribution in [0.3, 0.4) is 0 Å². The van der Waals surface area contributed by atoms with E-state index >= 15 is 0 Å². The third-order valence-corrected chi connectivity index (χ3v) is 6.80. The van der Waals surface area contributed by atoms with Crippen LogP contribution < -0.4 is 21.1 Å². The van der Waals surface area contributed by atoms with E-state index in [4.69, 9.17) is 15.9 Å². The molecule has 224 valence electrons. The third kappa shape index (κ3) is 9.42. The Bertz CT molecular complexity index is 1230. The molecule has 2 heterocycles. The van der Waals surface area contributed by atoms with Crippen LogP contribution in [-0.2, 0) is 28.7 Å². The Morgan fingerprint density at radius 1 is 1.24 bits per heavy atom. The molecule has 4 rings (SSSR count). The number of fused-ring (bicyclic) bond motifs is 13. The molecule has 0 saturated heterocycles. The lowest BCUT2D eigenvalue weighted by molar-refractivity contribution is -0.139. The molecular formula is C28H35F4N5O4. The van der Waals surface area contributed by atoms with Crippen LogP contribution >= 0.6 is 0 Å². The number of amides is 2. The molecule has 2 aromatic carbocycles. The van der Waals surface area contributed by atoms with Crippen LogP contribution in [0.1, 0.15) is 42.4 Å². The minimum Gasteiger partial charge on any atom is -0.491 e. The number of halogens is 4. The summed E-state index contributed by atoms with van der Waals surface area (Å²) < 4.78 is 59.3. The molecule has 9 nitrogen and oxygen atoms in total. The van der Waals surface area contributed by atoms with Crippen LogP contribution in [0.4, 0.5) is 17.6 Å². The second kappa shape index (κ2) is 14.3. The number of alkyl halides is 3. The van der Waals surface area contributed by atoms with Crippen molar-refractivity contribution >= 4 is 17.6 Å². The molecule has 3 atom stereocenters. The fraction of sp³-hybridized carbons (Fsp3) is 0.464. The molecule has 2 bridgehead atoms. The molecule has 0 aromatic heterocycles. The lowest BCUT2D eigenvalue weighted by Gasteiger charge is -2.31. The second-order valence-electron chi connectivity index (χ2n) is 10.0. The second-order valence-corrected chi connectivity index (χ2v) is 10.0. The first-order valence-corrected chi connectivity index (χ1v) is 13.2. The Morgan fingerprint density at radius 3 is 2.68 bits per heavy atom. The largest absolute Gasteiger partial charge is 0.491 e. The number of nitrogens with zero attached hydrogens (tertiary/aromatic N) is 1. The Balaban J connectivity index is 1.82. The Labute approximate surface area is 235 Å². The Hall–Kier alpha value is -3.71. The Kier molecular flexibility index (Phi) is 11.1. The number of nitrogens with two attached hydrogens (primary N) is 1. The van der Waals surface area contributed by atoms with Crippen molar-refractivity contribution in [3.05, 3.63) is 65.0 Å². The molecule has 0 aliphatic carbocycles. The SMILES string of the molecule is CN1C(=O)CCCCOc2ccc(cc2F)C[C@@H]([C@H](O)CNCc2cccc(C(F)(F)F)c2)NC(=O)C1CC(=N)N. The predicted octanol–water partition coefficient (Wildman–Crippen LogP) is 2.74. The van der Waals surface area contributed by atoms with Gasteiger partial charge >= 0.3 is 6.18 Å². The first-order valence-electron chi connectivity index (χ1n) is 13.2. The molecule has 2 aromatic rings. The molecule has 2 aliphatic heterocycles. The van der Waals surface area contributed by atoms with Crippen LogP contribution in [-0.4, -0.2) is 66.0 Å². The van der Waals surface area contributed by atoms with E-state index in [1.165, 1.54) is 36.2 Å². The minimum absolute atomic E-state index is 0.00646. The quantitative estimate of drug-likeness (QED) is 0.194. The molecule has 2 amide bonds. The number of carbonyl (C=O) groups excluding carboxylic acids is 2. The normalized spacial score (nSPS) is 19.9. The zero-order valence-corrected chi connectivity index (χ0v) is 22.6. The van der Waals surface area contributed by atoms with Crippen LogP contribution in [0.5, 0.6) is 5.75 Å². The fourth-order valence-electron chi connectivity index (χ4n) is 4.49. The molecule has 0 fully saturated rings. The summed E-state index contributed by atoms with van der Waals surface area (Å²) in [4.78, 5) is 27.4. The van der Waals surface area contributed by atoms with Gasteiger partial charge in [-0.05, 0) is 48.6 Å². The maximum absolute atomic E-state index is 14.7. The van der Waals surface area contributed by atoms with Crippen molar-refractivity contribution in [2.45, 2.75) is 63.0 Å². The van der Waals surface area contributed by atoms with E-state index in [-0.39, 0.29) is 56.5 Å². The lowest BCUT2D eigenvalue weighted by Crippen LogP contribution is -2.55. The number of likely N-dealkylation sites (N-methyl/N-ethyl adjacent to an activating group) is 1. The van der Waals surface area contributed by atoms with Gasteiger partial charge in [0.1, 0.15) is 6.04 Å². The molecule has 1 unspecified atom stereocenters. The number of amidine groups is 1. The van der Waals surface area contributed by atoms with Gasteiger partial charge in [0.25, 0.3) is 0 Å². The maximum atomic E-state index is 14.7.